The number of thiophene rings is 1. The molecule has 0 saturated heterocycles. The summed E-state index contributed by atoms with van der Waals surface area (Å²) in [6, 6.07) is 8.77. The Morgan fingerprint density at radius 1 is 1.24 bits per heavy atom. The second-order valence-electron chi connectivity index (χ2n) is 7.69. The highest BCUT2D eigenvalue weighted by Gasteiger charge is 2.30. The Hall–Kier alpha value is -2.67. The van der Waals surface area contributed by atoms with Crippen LogP contribution in [0.1, 0.15) is 47.8 Å². The summed E-state index contributed by atoms with van der Waals surface area (Å²) >= 11 is 1.37. The molecule has 152 valence electrons. The Labute approximate surface area is 173 Å². The van der Waals surface area contributed by atoms with Crippen LogP contribution < -0.4 is 15.0 Å². The lowest BCUT2D eigenvalue weighted by Gasteiger charge is -2.32. The van der Waals surface area contributed by atoms with Gasteiger partial charge in [-0.05, 0) is 48.4 Å². The van der Waals surface area contributed by atoms with Gasteiger partial charge in [-0.1, -0.05) is 25.8 Å². The van der Waals surface area contributed by atoms with Crippen molar-refractivity contribution in [3.05, 3.63) is 46.2 Å². The molecule has 2 amide bonds. The molecule has 1 aromatic carbocycles. The molecule has 2 aliphatic rings. The van der Waals surface area contributed by atoms with Gasteiger partial charge in [-0.25, -0.2) is 0 Å². The number of nitrogens with one attached hydrogen (secondary N) is 1. The van der Waals surface area contributed by atoms with Crippen molar-refractivity contribution >= 4 is 34.6 Å². The van der Waals surface area contributed by atoms with Gasteiger partial charge in [-0.3, -0.25) is 19.3 Å². The fourth-order valence-electron chi connectivity index (χ4n) is 3.99. The van der Waals surface area contributed by atoms with E-state index in [4.69, 9.17) is 4.74 Å². The van der Waals surface area contributed by atoms with E-state index in [1.54, 1.807) is 24.3 Å². The summed E-state index contributed by atoms with van der Waals surface area (Å²) in [5.74, 6) is 0.368. The molecule has 7 heteroatoms. The molecule has 1 aromatic heterocycles. The molecule has 1 saturated carbocycles. The van der Waals surface area contributed by atoms with Crippen LogP contribution in [-0.2, 0) is 9.59 Å². The van der Waals surface area contributed by atoms with E-state index in [1.807, 2.05) is 11.4 Å². The Kier molecular flexibility index (Phi) is 5.67. The fourth-order valence-corrected chi connectivity index (χ4v) is 4.68. The molecule has 2 aromatic rings. The van der Waals surface area contributed by atoms with E-state index in [0.717, 1.165) is 19.3 Å². The SMILES string of the molecule is C[C@@H]1CCCC[C@H]1NC(=O)CN1C(=O)COc2ccc(C(=O)c3cccs3)cc21. The van der Waals surface area contributed by atoms with E-state index in [1.165, 1.54) is 22.7 Å². The zero-order valence-corrected chi connectivity index (χ0v) is 17.2. The maximum atomic E-state index is 12.7. The second kappa shape index (κ2) is 8.37. The van der Waals surface area contributed by atoms with E-state index in [0.29, 0.717) is 27.8 Å². The summed E-state index contributed by atoms with van der Waals surface area (Å²) in [6.45, 7) is 1.97. The number of carbonyl (C=O) groups excluding carboxylic acids is 3. The van der Waals surface area contributed by atoms with E-state index in [9.17, 15) is 14.4 Å². The first-order chi connectivity index (χ1) is 14.0. The molecule has 0 unspecified atom stereocenters. The molecule has 0 bridgehead atoms. The lowest BCUT2D eigenvalue weighted by atomic mass is 9.86. The number of benzene rings is 1. The minimum absolute atomic E-state index is 0.0743. The van der Waals surface area contributed by atoms with Gasteiger partial charge in [0.25, 0.3) is 5.91 Å². The number of fused-ring (bicyclic) bond motifs is 1. The van der Waals surface area contributed by atoms with Crippen molar-refractivity contribution in [1.82, 2.24) is 5.32 Å². The van der Waals surface area contributed by atoms with E-state index in [-0.39, 0.29) is 36.8 Å². The first-order valence-electron chi connectivity index (χ1n) is 9.97. The largest absolute Gasteiger partial charge is 0.482 e. The molecule has 1 fully saturated rings. The minimum atomic E-state index is -0.287. The van der Waals surface area contributed by atoms with E-state index < -0.39 is 0 Å². The molecule has 4 rings (SSSR count). The van der Waals surface area contributed by atoms with Gasteiger partial charge >= 0.3 is 0 Å². The van der Waals surface area contributed by atoms with E-state index >= 15 is 0 Å². The number of ether oxygens (including phenoxy) is 1. The predicted molar refractivity (Wildman–Crippen MR) is 112 cm³/mol. The lowest BCUT2D eigenvalue weighted by Crippen LogP contribution is -2.49. The lowest BCUT2D eigenvalue weighted by molar-refractivity contribution is -0.126. The van der Waals surface area contributed by atoms with Gasteiger partial charge in [-0.2, -0.15) is 0 Å². The van der Waals surface area contributed by atoms with Crippen molar-refractivity contribution in [3.8, 4) is 5.75 Å². The molecule has 6 nitrogen and oxygen atoms in total. The van der Waals surface area contributed by atoms with Crippen LogP contribution in [0.2, 0.25) is 0 Å². The van der Waals surface area contributed by atoms with Gasteiger partial charge in [0, 0.05) is 11.6 Å². The summed E-state index contributed by atoms with van der Waals surface area (Å²) in [4.78, 5) is 39.9. The maximum Gasteiger partial charge on any atom is 0.265 e. The van der Waals surface area contributed by atoms with Crippen LogP contribution in [0.15, 0.2) is 35.7 Å². The second-order valence-corrected chi connectivity index (χ2v) is 8.64. The molecule has 2 heterocycles. The zero-order valence-electron chi connectivity index (χ0n) is 16.3. The molecular formula is C22H24N2O4S. The van der Waals surface area contributed by atoms with Crippen molar-refractivity contribution in [2.75, 3.05) is 18.1 Å². The average Bonchev–Trinajstić information content (AvgIpc) is 3.26. The number of carbonyl (C=O) groups is 3. The van der Waals surface area contributed by atoms with Crippen molar-refractivity contribution in [2.45, 2.75) is 38.6 Å². The first kappa shape index (κ1) is 19.6. The summed E-state index contributed by atoms with van der Waals surface area (Å²) in [5, 5.41) is 4.94. The van der Waals surface area contributed by atoms with Crippen LogP contribution in [0.5, 0.6) is 5.75 Å². The molecule has 29 heavy (non-hydrogen) atoms. The summed E-state index contributed by atoms with van der Waals surface area (Å²) < 4.78 is 5.51. The number of hydrogen-bond acceptors (Lipinski definition) is 5. The fraction of sp³-hybridized carbons (Fsp3) is 0.409. The van der Waals surface area contributed by atoms with Crippen LogP contribution in [-0.4, -0.2) is 36.8 Å². The highest BCUT2D eigenvalue weighted by atomic mass is 32.1. The summed E-state index contributed by atoms with van der Waals surface area (Å²) in [5.41, 5.74) is 0.936. The summed E-state index contributed by atoms with van der Waals surface area (Å²) in [7, 11) is 0. The van der Waals surface area contributed by atoms with Gasteiger partial charge in [0.2, 0.25) is 11.7 Å². The highest BCUT2D eigenvalue weighted by Crippen LogP contribution is 2.34. The number of anilines is 1. The molecule has 0 radical (unpaired) electrons. The van der Waals surface area contributed by atoms with Crippen LogP contribution in [0.25, 0.3) is 0 Å². The average molecular weight is 413 g/mol. The standard InChI is InChI=1S/C22H24N2O4S/c1-14-5-2-3-6-16(14)23-20(25)12-24-17-11-15(22(27)19-7-4-10-29-19)8-9-18(17)28-13-21(24)26/h4,7-11,14,16H,2-3,5-6,12-13H2,1H3,(H,23,25)/t14-,16-/m1/s1. The number of amides is 2. The number of hydrogen-bond donors (Lipinski definition) is 1. The van der Waals surface area contributed by atoms with Crippen molar-refractivity contribution in [3.63, 3.8) is 0 Å². The van der Waals surface area contributed by atoms with E-state index in [2.05, 4.69) is 12.2 Å². The van der Waals surface area contributed by atoms with Crippen molar-refractivity contribution in [1.29, 1.82) is 0 Å². The van der Waals surface area contributed by atoms with Crippen molar-refractivity contribution < 1.29 is 19.1 Å². The molecule has 1 aliphatic carbocycles. The smallest absolute Gasteiger partial charge is 0.265 e. The number of nitrogens with zero attached hydrogens (tertiary/aromatic N) is 1. The van der Waals surface area contributed by atoms with Crippen LogP contribution >= 0.6 is 11.3 Å². The topological polar surface area (TPSA) is 75.7 Å². The highest BCUT2D eigenvalue weighted by molar-refractivity contribution is 7.12. The molecule has 2 atom stereocenters. The zero-order chi connectivity index (χ0) is 20.4. The third-order valence-electron chi connectivity index (χ3n) is 5.67. The summed E-state index contributed by atoms with van der Waals surface area (Å²) in [6.07, 6.45) is 4.39. The molecule has 1 aliphatic heterocycles. The van der Waals surface area contributed by atoms with Gasteiger partial charge in [0.05, 0.1) is 10.6 Å². The number of rotatable bonds is 5. The number of ketones is 1. The Morgan fingerprint density at radius 3 is 2.83 bits per heavy atom. The van der Waals surface area contributed by atoms with Crippen molar-refractivity contribution in [2.24, 2.45) is 5.92 Å². The third kappa shape index (κ3) is 4.19. The Balaban J connectivity index is 1.53. The van der Waals surface area contributed by atoms with Gasteiger partial charge in [-0.15, -0.1) is 11.3 Å². The predicted octanol–water partition coefficient (Wildman–Crippen LogP) is 3.40. The Bertz CT molecular complexity index is 925. The monoisotopic (exact) mass is 412 g/mol. The normalized spacial score (nSPS) is 21.3. The Morgan fingerprint density at radius 2 is 2.07 bits per heavy atom. The third-order valence-corrected chi connectivity index (χ3v) is 6.54. The van der Waals surface area contributed by atoms with Crippen LogP contribution in [0.4, 0.5) is 5.69 Å². The molecule has 1 N–H and O–H groups in total. The van der Waals surface area contributed by atoms with Gasteiger partial charge in [0.1, 0.15) is 12.3 Å². The maximum absolute atomic E-state index is 12.7. The van der Waals surface area contributed by atoms with Crippen LogP contribution in [0, 0.1) is 5.92 Å². The quantitative estimate of drug-likeness (QED) is 0.764. The van der Waals surface area contributed by atoms with Gasteiger partial charge in [0.15, 0.2) is 6.61 Å². The molecule has 0 spiro atoms. The van der Waals surface area contributed by atoms with Gasteiger partial charge < -0.3 is 10.1 Å². The minimum Gasteiger partial charge on any atom is -0.482 e. The molecular weight excluding hydrogens is 388 g/mol. The first-order valence-corrected chi connectivity index (χ1v) is 10.9. The van der Waals surface area contributed by atoms with Crippen LogP contribution in [0.3, 0.4) is 0 Å².